The minimum Gasteiger partial charge on any atom is -0.497 e. The largest absolute Gasteiger partial charge is 0.497 e. The van der Waals surface area contributed by atoms with Crippen LogP contribution in [0.25, 0.3) is 0 Å². The van der Waals surface area contributed by atoms with Gasteiger partial charge in [0, 0.05) is 16.9 Å². The zero-order chi connectivity index (χ0) is 16.8. The van der Waals surface area contributed by atoms with E-state index in [2.05, 4.69) is 26.8 Å². The van der Waals surface area contributed by atoms with Crippen LogP contribution in [0.2, 0.25) is 0 Å². The van der Waals surface area contributed by atoms with Crippen molar-refractivity contribution in [2.75, 3.05) is 14.2 Å². The Morgan fingerprint density at radius 1 is 1.27 bits per heavy atom. The molecule has 1 rings (SSSR count). The molecule has 0 heterocycles. The van der Waals surface area contributed by atoms with Crippen LogP contribution in [-0.2, 0) is 10.2 Å². The molecule has 2 unspecified atom stereocenters. The van der Waals surface area contributed by atoms with Gasteiger partial charge in [-0.3, -0.25) is 0 Å². The summed E-state index contributed by atoms with van der Waals surface area (Å²) in [5, 5.41) is 0. The second kappa shape index (κ2) is 8.02. The predicted molar refractivity (Wildman–Crippen MR) is 90.8 cm³/mol. The smallest absolute Gasteiger partial charge is 0.122 e. The van der Waals surface area contributed by atoms with Crippen molar-refractivity contribution in [2.24, 2.45) is 5.92 Å². The van der Waals surface area contributed by atoms with Crippen LogP contribution in [0, 0.1) is 5.92 Å². The fourth-order valence-electron chi connectivity index (χ4n) is 2.78. The SMILES string of the molecule is COc1ccc(OC)c(C(C)(CC=C(C)C)CC(C)C=O)c1. The fourth-order valence-corrected chi connectivity index (χ4v) is 2.78. The lowest BCUT2D eigenvalue weighted by molar-refractivity contribution is -0.111. The van der Waals surface area contributed by atoms with Gasteiger partial charge < -0.3 is 14.3 Å². The quantitative estimate of drug-likeness (QED) is 0.522. The van der Waals surface area contributed by atoms with Gasteiger partial charge in [-0.15, -0.1) is 0 Å². The molecule has 0 bridgehead atoms. The number of hydrogen-bond acceptors (Lipinski definition) is 3. The van der Waals surface area contributed by atoms with Gasteiger partial charge in [-0.1, -0.05) is 25.5 Å². The van der Waals surface area contributed by atoms with Gasteiger partial charge in [0.25, 0.3) is 0 Å². The molecule has 0 aliphatic carbocycles. The Bertz CT molecular complexity index is 529. The topological polar surface area (TPSA) is 35.5 Å². The van der Waals surface area contributed by atoms with Gasteiger partial charge >= 0.3 is 0 Å². The molecular formula is C19H28O3. The van der Waals surface area contributed by atoms with Crippen molar-refractivity contribution < 1.29 is 14.3 Å². The van der Waals surface area contributed by atoms with E-state index in [1.165, 1.54) is 5.57 Å². The average molecular weight is 304 g/mol. The number of carbonyl (C=O) groups excluding carboxylic acids is 1. The highest BCUT2D eigenvalue weighted by molar-refractivity contribution is 5.54. The molecule has 0 amide bonds. The summed E-state index contributed by atoms with van der Waals surface area (Å²) < 4.78 is 10.9. The molecule has 0 N–H and O–H groups in total. The Morgan fingerprint density at radius 3 is 2.45 bits per heavy atom. The number of hydrogen-bond donors (Lipinski definition) is 0. The van der Waals surface area contributed by atoms with Crippen LogP contribution in [-0.4, -0.2) is 20.5 Å². The van der Waals surface area contributed by atoms with Crippen molar-refractivity contribution in [3.8, 4) is 11.5 Å². The molecule has 3 heteroatoms. The number of allylic oxidation sites excluding steroid dienone is 2. The number of methoxy groups -OCH3 is 2. The summed E-state index contributed by atoms with van der Waals surface area (Å²) in [5.41, 5.74) is 2.17. The third-order valence-corrected chi connectivity index (χ3v) is 4.02. The summed E-state index contributed by atoms with van der Waals surface area (Å²) in [4.78, 5) is 11.2. The van der Waals surface area contributed by atoms with Gasteiger partial charge in [-0.05, 0) is 44.9 Å². The maximum absolute atomic E-state index is 11.2. The third kappa shape index (κ3) is 4.62. The molecule has 0 aliphatic rings. The molecule has 0 aromatic heterocycles. The Kier molecular flexibility index (Phi) is 6.66. The molecule has 0 fully saturated rings. The van der Waals surface area contributed by atoms with Crippen molar-refractivity contribution in [3.05, 3.63) is 35.4 Å². The minimum atomic E-state index is -0.183. The first-order valence-electron chi connectivity index (χ1n) is 7.67. The zero-order valence-corrected chi connectivity index (χ0v) is 14.6. The maximum atomic E-state index is 11.2. The van der Waals surface area contributed by atoms with Crippen molar-refractivity contribution in [3.63, 3.8) is 0 Å². The van der Waals surface area contributed by atoms with Crippen molar-refractivity contribution in [1.82, 2.24) is 0 Å². The number of carbonyl (C=O) groups is 1. The number of benzene rings is 1. The Labute approximate surface area is 134 Å². The molecule has 0 radical (unpaired) electrons. The fraction of sp³-hybridized carbons (Fsp3) is 0.526. The highest BCUT2D eigenvalue weighted by Gasteiger charge is 2.31. The van der Waals surface area contributed by atoms with Crippen LogP contribution in [0.4, 0.5) is 0 Å². The van der Waals surface area contributed by atoms with Crippen LogP contribution in [0.3, 0.4) is 0 Å². The van der Waals surface area contributed by atoms with E-state index in [-0.39, 0.29) is 11.3 Å². The summed E-state index contributed by atoms with van der Waals surface area (Å²) in [6.07, 6.45) is 4.87. The monoisotopic (exact) mass is 304 g/mol. The van der Waals surface area contributed by atoms with Crippen molar-refractivity contribution in [2.45, 2.75) is 46.0 Å². The summed E-state index contributed by atoms with van der Waals surface area (Å²) >= 11 is 0. The van der Waals surface area contributed by atoms with E-state index in [1.54, 1.807) is 14.2 Å². The molecule has 1 aromatic rings. The number of aldehydes is 1. The van der Waals surface area contributed by atoms with Gasteiger partial charge in [0.1, 0.15) is 17.8 Å². The average Bonchev–Trinajstić information content (AvgIpc) is 2.52. The van der Waals surface area contributed by atoms with Gasteiger partial charge in [0.05, 0.1) is 14.2 Å². The molecule has 1 aromatic carbocycles. The molecule has 0 saturated carbocycles. The van der Waals surface area contributed by atoms with E-state index in [4.69, 9.17) is 9.47 Å². The van der Waals surface area contributed by atoms with E-state index in [1.807, 2.05) is 25.1 Å². The molecule has 2 atom stereocenters. The van der Waals surface area contributed by atoms with Crippen LogP contribution in [0.15, 0.2) is 29.8 Å². The molecule has 0 spiro atoms. The van der Waals surface area contributed by atoms with Crippen LogP contribution >= 0.6 is 0 Å². The van der Waals surface area contributed by atoms with Crippen LogP contribution < -0.4 is 9.47 Å². The summed E-state index contributed by atoms with van der Waals surface area (Å²) in [6.45, 7) is 8.32. The van der Waals surface area contributed by atoms with E-state index >= 15 is 0 Å². The van der Waals surface area contributed by atoms with Gasteiger partial charge in [0.15, 0.2) is 0 Å². The van der Waals surface area contributed by atoms with Gasteiger partial charge in [-0.25, -0.2) is 0 Å². The second-order valence-electron chi connectivity index (χ2n) is 6.43. The summed E-state index contributed by atoms with van der Waals surface area (Å²) in [6, 6.07) is 5.85. The lowest BCUT2D eigenvalue weighted by Gasteiger charge is -2.32. The molecule has 122 valence electrons. The van der Waals surface area contributed by atoms with Crippen molar-refractivity contribution >= 4 is 6.29 Å². The summed E-state index contributed by atoms with van der Waals surface area (Å²) in [5.74, 6) is 1.63. The Hall–Kier alpha value is -1.77. The zero-order valence-electron chi connectivity index (χ0n) is 14.6. The lowest BCUT2D eigenvalue weighted by Crippen LogP contribution is -2.25. The van der Waals surface area contributed by atoms with E-state index in [9.17, 15) is 4.79 Å². The maximum Gasteiger partial charge on any atom is 0.122 e. The van der Waals surface area contributed by atoms with Gasteiger partial charge in [0.2, 0.25) is 0 Å². The molecule has 22 heavy (non-hydrogen) atoms. The predicted octanol–water partition coefficient (Wildman–Crippen LogP) is 4.54. The van der Waals surface area contributed by atoms with E-state index in [0.717, 1.165) is 36.2 Å². The molecule has 3 nitrogen and oxygen atoms in total. The standard InChI is InChI=1S/C19H28O3/c1-14(2)9-10-19(4,12-15(3)13-20)17-11-16(21-5)7-8-18(17)22-6/h7-9,11,13,15H,10,12H2,1-6H3. The van der Waals surface area contributed by atoms with Crippen molar-refractivity contribution in [1.29, 1.82) is 0 Å². The summed E-state index contributed by atoms with van der Waals surface area (Å²) in [7, 11) is 3.34. The minimum absolute atomic E-state index is 0.00790. The Balaban J connectivity index is 3.35. The van der Waals surface area contributed by atoms with Gasteiger partial charge in [-0.2, -0.15) is 0 Å². The van der Waals surface area contributed by atoms with E-state index < -0.39 is 0 Å². The first-order chi connectivity index (χ1) is 10.4. The highest BCUT2D eigenvalue weighted by atomic mass is 16.5. The normalized spacial score (nSPS) is 14.6. The Morgan fingerprint density at radius 2 is 1.95 bits per heavy atom. The number of ether oxygens (including phenoxy) is 2. The van der Waals surface area contributed by atoms with E-state index in [0.29, 0.717) is 0 Å². The molecular weight excluding hydrogens is 276 g/mol. The second-order valence-corrected chi connectivity index (χ2v) is 6.43. The molecule has 0 aliphatic heterocycles. The lowest BCUT2D eigenvalue weighted by atomic mass is 9.73. The van der Waals surface area contributed by atoms with Crippen LogP contribution in [0.1, 0.15) is 46.1 Å². The molecule has 0 saturated heterocycles. The number of rotatable bonds is 8. The highest BCUT2D eigenvalue weighted by Crippen LogP contribution is 2.41. The van der Waals surface area contributed by atoms with Crippen LogP contribution in [0.5, 0.6) is 11.5 Å². The first-order valence-corrected chi connectivity index (χ1v) is 7.67. The first kappa shape index (κ1) is 18.3. The third-order valence-electron chi connectivity index (χ3n) is 4.02.